The molecule has 0 unspecified atom stereocenters. The smallest absolute Gasteiger partial charge is 0.185 e. The molecule has 1 aromatic rings. The molecule has 0 heterocycles. The Balaban J connectivity index is 2.80. The van der Waals surface area contributed by atoms with Gasteiger partial charge in [0.05, 0.1) is 5.56 Å². The first-order valence-corrected chi connectivity index (χ1v) is 6.87. The number of aromatic hydroxyl groups is 1. The Hall–Kier alpha value is -1.73. The lowest BCUT2D eigenvalue weighted by molar-refractivity contribution is -0.109. The summed E-state index contributed by atoms with van der Waals surface area (Å²) in [6, 6.07) is 3.16. The highest BCUT2D eigenvalue weighted by Crippen LogP contribution is 2.22. The van der Waals surface area contributed by atoms with Crippen LogP contribution in [0.25, 0.3) is 0 Å². The van der Waals surface area contributed by atoms with Crippen LogP contribution in [0.3, 0.4) is 0 Å². The molecule has 0 aliphatic rings. The molecule has 1 aromatic carbocycles. The van der Waals surface area contributed by atoms with E-state index in [-0.39, 0.29) is 16.6 Å². The number of benzene rings is 1. The number of phenols is 1. The summed E-state index contributed by atoms with van der Waals surface area (Å²) in [7, 11) is 0. The van der Waals surface area contributed by atoms with Gasteiger partial charge in [-0.3, -0.25) is 9.59 Å². The highest BCUT2D eigenvalue weighted by molar-refractivity contribution is 8.13. The molecule has 3 nitrogen and oxygen atoms in total. The average molecular weight is 276 g/mol. The zero-order chi connectivity index (χ0) is 14.4. The zero-order valence-electron chi connectivity index (χ0n) is 11.2. The molecule has 0 radical (unpaired) electrons. The first-order valence-electron chi connectivity index (χ1n) is 5.88. The molecule has 0 saturated carbocycles. The van der Waals surface area contributed by atoms with Crippen LogP contribution in [0.4, 0.5) is 0 Å². The second kappa shape index (κ2) is 7.01. The van der Waals surface area contributed by atoms with E-state index >= 15 is 0 Å². The molecule has 0 fully saturated rings. The largest absolute Gasteiger partial charge is 0.507 e. The van der Waals surface area contributed by atoms with Gasteiger partial charge in [0.1, 0.15) is 5.75 Å². The fourth-order valence-corrected chi connectivity index (χ4v) is 2.01. The normalized spacial score (nSPS) is 9.63. The highest BCUT2D eigenvalue weighted by atomic mass is 32.2. The lowest BCUT2D eigenvalue weighted by Gasteiger charge is -2.04. The van der Waals surface area contributed by atoms with Crippen LogP contribution >= 0.6 is 11.8 Å². The monoisotopic (exact) mass is 276 g/mol. The topological polar surface area (TPSA) is 54.4 Å². The molecule has 1 rings (SSSR count). The standard InChI is InChI=1S/C15H16O3S/c1-10-8-14(11(2)16)15(18)9-13(10)6-4-5-7-19-12(3)17/h8-9,18H,5,7H2,1-3H3. The first-order chi connectivity index (χ1) is 8.91. The Bertz CT molecular complexity index is 565. The Labute approximate surface area is 117 Å². The van der Waals surface area contributed by atoms with E-state index in [2.05, 4.69) is 11.8 Å². The van der Waals surface area contributed by atoms with Gasteiger partial charge < -0.3 is 5.11 Å². The molecule has 100 valence electrons. The molecule has 0 aromatic heterocycles. The van der Waals surface area contributed by atoms with E-state index in [1.165, 1.54) is 31.7 Å². The number of Topliss-reactive ketones (excluding diaryl/α,β-unsaturated/α-hetero) is 1. The van der Waals surface area contributed by atoms with Crippen molar-refractivity contribution in [3.63, 3.8) is 0 Å². The van der Waals surface area contributed by atoms with Gasteiger partial charge in [-0.1, -0.05) is 23.6 Å². The van der Waals surface area contributed by atoms with Crippen LogP contribution < -0.4 is 0 Å². The number of carbonyl (C=O) groups is 2. The van der Waals surface area contributed by atoms with E-state index in [1.54, 1.807) is 6.07 Å². The van der Waals surface area contributed by atoms with Crippen LogP contribution in [0.2, 0.25) is 0 Å². The highest BCUT2D eigenvalue weighted by Gasteiger charge is 2.08. The molecule has 1 N–H and O–H groups in total. The van der Waals surface area contributed by atoms with Gasteiger partial charge in [0.25, 0.3) is 0 Å². The molecular weight excluding hydrogens is 260 g/mol. The summed E-state index contributed by atoms with van der Waals surface area (Å²) in [5, 5.41) is 9.81. The van der Waals surface area contributed by atoms with E-state index < -0.39 is 0 Å². The van der Waals surface area contributed by atoms with Crippen LogP contribution in [-0.4, -0.2) is 21.8 Å². The third-order valence-corrected chi connectivity index (χ3v) is 3.29. The van der Waals surface area contributed by atoms with Gasteiger partial charge in [-0.15, -0.1) is 0 Å². The maximum atomic E-state index is 11.3. The van der Waals surface area contributed by atoms with Crippen molar-refractivity contribution in [1.29, 1.82) is 0 Å². The summed E-state index contributed by atoms with van der Waals surface area (Å²) in [4.78, 5) is 22.0. The first kappa shape index (κ1) is 15.3. The fourth-order valence-electron chi connectivity index (χ4n) is 1.52. The predicted molar refractivity (Wildman–Crippen MR) is 77.5 cm³/mol. The number of thioether (sulfide) groups is 1. The molecule has 0 amide bonds. The maximum Gasteiger partial charge on any atom is 0.185 e. The predicted octanol–water partition coefficient (Wildman–Crippen LogP) is 2.92. The third-order valence-electron chi connectivity index (χ3n) is 2.48. The summed E-state index contributed by atoms with van der Waals surface area (Å²) in [5.74, 6) is 6.36. The van der Waals surface area contributed by atoms with Crippen LogP contribution in [-0.2, 0) is 4.79 Å². The van der Waals surface area contributed by atoms with Crippen molar-refractivity contribution in [2.75, 3.05) is 5.75 Å². The van der Waals surface area contributed by atoms with Gasteiger partial charge in [-0.2, -0.15) is 0 Å². The van der Waals surface area contributed by atoms with E-state index in [0.29, 0.717) is 23.3 Å². The summed E-state index contributed by atoms with van der Waals surface area (Å²) >= 11 is 1.24. The number of phenolic OH excluding ortho intramolecular Hbond substituents is 1. The van der Waals surface area contributed by atoms with Crippen LogP contribution in [0.1, 0.15) is 41.8 Å². The van der Waals surface area contributed by atoms with E-state index in [4.69, 9.17) is 0 Å². The Morgan fingerprint density at radius 1 is 1.32 bits per heavy atom. The summed E-state index contributed by atoms with van der Waals surface area (Å²) in [5.41, 5.74) is 1.88. The van der Waals surface area contributed by atoms with Gasteiger partial charge in [0, 0.05) is 24.7 Å². The van der Waals surface area contributed by atoms with E-state index in [1.807, 2.05) is 6.92 Å². The van der Waals surface area contributed by atoms with E-state index in [0.717, 1.165) is 5.56 Å². The van der Waals surface area contributed by atoms with Crippen molar-refractivity contribution < 1.29 is 14.7 Å². The van der Waals surface area contributed by atoms with E-state index in [9.17, 15) is 14.7 Å². The van der Waals surface area contributed by atoms with Gasteiger partial charge in [-0.05, 0) is 31.5 Å². The van der Waals surface area contributed by atoms with Crippen molar-refractivity contribution in [3.8, 4) is 17.6 Å². The number of aryl methyl sites for hydroxylation is 1. The lowest BCUT2D eigenvalue weighted by atomic mass is 10.0. The van der Waals surface area contributed by atoms with Crippen molar-refractivity contribution in [1.82, 2.24) is 0 Å². The molecular formula is C15H16O3S. The Morgan fingerprint density at radius 2 is 2.00 bits per heavy atom. The van der Waals surface area contributed by atoms with Gasteiger partial charge in [0.15, 0.2) is 10.9 Å². The number of carbonyl (C=O) groups excluding carboxylic acids is 2. The molecule has 0 saturated heterocycles. The summed E-state index contributed by atoms with van der Waals surface area (Å²) < 4.78 is 0. The number of hydrogen-bond acceptors (Lipinski definition) is 4. The molecule has 0 aliphatic heterocycles. The number of ketones is 1. The molecule has 0 aliphatic carbocycles. The summed E-state index contributed by atoms with van der Waals surface area (Å²) in [6.45, 7) is 4.79. The third kappa shape index (κ3) is 4.80. The minimum absolute atomic E-state index is 0.0412. The number of rotatable bonds is 3. The molecule has 19 heavy (non-hydrogen) atoms. The summed E-state index contributed by atoms with van der Waals surface area (Å²) in [6.07, 6.45) is 0.610. The van der Waals surface area contributed by atoms with Gasteiger partial charge in [0.2, 0.25) is 0 Å². The van der Waals surface area contributed by atoms with Crippen LogP contribution in [0, 0.1) is 18.8 Å². The van der Waals surface area contributed by atoms with Crippen molar-refractivity contribution in [2.45, 2.75) is 27.2 Å². The average Bonchev–Trinajstić information content (AvgIpc) is 2.31. The lowest BCUT2D eigenvalue weighted by Crippen LogP contribution is -1.95. The number of hydrogen-bond donors (Lipinski definition) is 1. The molecule has 0 spiro atoms. The van der Waals surface area contributed by atoms with Crippen LogP contribution in [0.5, 0.6) is 5.75 Å². The second-order valence-electron chi connectivity index (χ2n) is 4.13. The van der Waals surface area contributed by atoms with Crippen molar-refractivity contribution in [3.05, 3.63) is 28.8 Å². The second-order valence-corrected chi connectivity index (χ2v) is 5.40. The Morgan fingerprint density at radius 3 is 2.58 bits per heavy atom. The van der Waals surface area contributed by atoms with Crippen molar-refractivity contribution >= 4 is 22.7 Å². The zero-order valence-corrected chi connectivity index (χ0v) is 12.1. The fraction of sp³-hybridized carbons (Fsp3) is 0.333. The van der Waals surface area contributed by atoms with Crippen LogP contribution in [0.15, 0.2) is 12.1 Å². The SMILES string of the molecule is CC(=O)SCCC#Cc1cc(O)c(C(C)=O)cc1C. The quantitative estimate of drug-likeness (QED) is 0.524. The minimum atomic E-state index is -0.169. The molecule has 0 bridgehead atoms. The maximum absolute atomic E-state index is 11.3. The molecule has 0 atom stereocenters. The van der Waals surface area contributed by atoms with Gasteiger partial charge >= 0.3 is 0 Å². The van der Waals surface area contributed by atoms with Crippen molar-refractivity contribution in [2.24, 2.45) is 0 Å². The molecule has 4 heteroatoms. The minimum Gasteiger partial charge on any atom is -0.507 e. The van der Waals surface area contributed by atoms with Gasteiger partial charge in [-0.25, -0.2) is 0 Å². The Kier molecular flexibility index (Phi) is 5.65.